The Balaban J connectivity index is 1.54. The summed E-state index contributed by atoms with van der Waals surface area (Å²) in [4.78, 5) is 37.6. The lowest BCUT2D eigenvalue weighted by Crippen LogP contribution is -2.01. The Kier molecular flexibility index (Phi) is 5.20. The SMILES string of the molecule is O=c1oc2ccc([N+](=O)[O-])cc2cc1-c1cnc(N/N=C/c2ccc([N+](=O)[O-])cc2)s1. The van der Waals surface area contributed by atoms with E-state index < -0.39 is 15.5 Å². The smallest absolute Gasteiger partial charge is 0.345 e. The van der Waals surface area contributed by atoms with Crippen molar-refractivity contribution < 1.29 is 14.3 Å². The molecule has 11 nitrogen and oxygen atoms in total. The van der Waals surface area contributed by atoms with Gasteiger partial charge < -0.3 is 4.42 Å². The fourth-order valence-electron chi connectivity index (χ4n) is 2.69. The maximum Gasteiger partial charge on any atom is 0.345 e. The summed E-state index contributed by atoms with van der Waals surface area (Å²) >= 11 is 1.14. The van der Waals surface area contributed by atoms with Crippen LogP contribution >= 0.6 is 11.3 Å². The van der Waals surface area contributed by atoms with Gasteiger partial charge in [0.2, 0.25) is 5.13 Å². The van der Waals surface area contributed by atoms with Crippen molar-refractivity contribution >= 4 is 45.0 Å². The number of thiazole rings is 1. The van der Waals surface area contributed by atoms with Gasteiger partial charge >= 0.3 is 5.63 Å². The lowest BCUT2D eigenvalue weighted by atomic mass is 10.1. The van der Waals surface area contributed by atoms with Crippen molar-refractivity contribution in [1.82, 2.24) is 4.98 Å². The number of hydrogen-bond acceptors (Lipinski definition) is 10. The van der Waals surface area contributed by atoms with Crippen LogP contribution in [-0.4, -0.2) is 21.0 Å². The van der Waals surface area contributed by atoms with Crippen LogP contribution in [0.15, 0.2) is 69.0 Å². The number of nitrogens with zero attached hydrogens (tertiary/aromatic N) is 4. The Bertz CT molecular complexity index is 1390. The highest BCUT2D eigenvalue weighted by Gasteiger charge is 2.14. The van der Waals surface area contributed by atoms with Crippen LogP contribution in [0.5, 0.6) is 0 Å². The predicted molar refractivity (Wildman–Crippen MR) is 115 cm³/mol. The Morgan fingerprint density at radius 1 is 1.03 bits per heavy atom. The van der Waals surface area contributed by atoms with Gasteiger partial charge in [0.1, 0.15) is 5.58 Å². The molecule has 0 spiro atoms. The van der Waals surface area contributed by atoms with E-state index in [4.69, 9.17) is 4.42 Å². The highest BCUT2D eigenvalue weighted by atomic mass is 32.1. The molecule has 0 saturated heterocycles. The van der Waals surface area contributed by atoms with Crippen molar-refractivity contribution in [2.45, 2.75) is 0 Å². The maximum atomic E-state index is 12.3. The zero-order valence-electron chi connectivity index (χ0n) is 15.4. The van der Waals surface area contributed by atoms with Gasteiger partial charge in [-0.25, -0.2) is 9.78 Å². The summed E-state index contributed by atoms with van der Waals surface area (Å²) in [6.45, 7) is 0. The number of nitrogens with one attached hydrogen (secondary N) is 1. The van der Waals surface area contributed by atoms with E-state index in [9.17, 15) is 25.0 Å². The molecule has 0 fully saturated rings. The van der Waals surface area contributed by atoms with Crippen molar-refractivity contribution in [2.75, 3.05) is 5.43 Å². The van der Waals surface area contributed by atoms with E-state index in [1.165, 1.54) is 48.8 Å². The number of aromatic nitrogens is 1. The molecule has 31 heavy (non-hydrogen) atoms. The number of non-ortho nitro benzene ring substituents is 2. The monoisotopic (exact) mass is 437 g/mol. The average molecular weight is 437 g/mol. The molecular weight excluding hydrogens is 426 g/mol. The van der Waals surface area contributed by atoms with Crippen LogP contribution < -0.4 is 11.1 Å². The molecule has 1 N–H and O–H groups in total. The molecule has 2 aromatic carbocycles. The second kappa shape index (κ2) is 8.12. The third-order valence-electron chi connectivity index (χ3n) is 4.18. The minimum Gasteiger partial charge on any atom is -0.422 e. The van der Waals surface area contributed by atoms with Gasteiger partial charge in [0.25, 0.3) is 11.4 Å². The molecule has 0 aliphatic carbocycles. The second-order valence-electron chi connectivity index (χ2n) is 6.18. The van der Waals surface area contributed by atoms with Crippen LogP contribution in [0.2, 0.25) is 0 Å². The summed E-state index contributed by atoms with van der Waals surface area (Å²) in [6, 6.07) is 11.3. The quantitative estimate of drug-likeness (QED) is 0.204. The van der Waals surface area contributed by atoms with Crippen LogP contribution in [0.4, 0.5) is 16.5 Å². The normalized spacial score (nSPS) is 11.1. The molecular formula is C19H11N5O6S. The number of hydrogen-bond donors (Lipinski definition) is 1. The molecule has 0 atom stereocenters. The zero-order valence-corrected chi connectivity index (χ0v) is 16.2. The first-order valence-corrected chi connectivity index (χ1v) is 9.44. The van der Waals surface area contributed by atoms with Gasteiger partial charge in [-0.3, -0.25) is 25.7 Å². The predicted octanol–water partition coefficient (Wildman–Crippen LogP) is 4.18. The summed E-state index contributed by atoms with van der Waals surface area (Å²) in [5.74, 6) is 0. The Morgan fingerprint density at radius 2 is 1.74 bits per heavy atom. The van der Waals surface area contributed by atoms with Crippen LogP contribution in [0, 0.1) is 20.2 Å². The summed E-state index contributed by atoms with van der Waals surface area (Å²) in [7, 11) is 0. The fraction of sp³-hybridized carbons (Fsp3) is 0. The average Bonchev–Trinajstić information content (AvgIpc) is 3.22. The van der Waals surface area contributed by atoms with Gasteiger partial charge in [-0.05, 0) is 29.8 Å². The van der Waals surface area contributed by atoms with Crippen LogP contribution in [0.25, 0.3) is 21.4 Å². The molecule has 0 saturated carbocycles. The van der Waals surface area contributed by atoms with E-state index in [1.807, 2.05) is 0 Å². The van der Waals surface area contributed by atoms with Gasteiger partial charge in [0.15, 0.2) is 0 Å². The second-order valence-corrected chi connectivity index (χ2v) is 7.21. The van der Waals surface area contributed by atoms with Crippen LogP contribution in [-0.2, 0) is 0 Å². The van der Waals surface area contributed by atoms with Crippen molar-refractivity contribution in [2.24, 2.45) is 5.10 Å². The summed E-state index contributed by atoms with van der Waals surface area (Å²) in [5.41, 5.74) is 3.11. The number of nitro groups is 2. The molecule has 12 heteroatoms. The number of fused-ring (bicyclic) bond motifs is 1. The van der Waals surface area contributed by atoms with Crippen molar-refractivity contribution in [3.05, 3.63) is 90.9 Å². The molecule has 0 aliphatic heterocycles. The molecule has 154 valence electrons. The van der Waals surface area contributed by atoms with Crippen molar-refractivity contribution in [1.29, 1.82) is 0 Å². The minimum absolute atomic E-state index is 0.0192. The Labute approximate surface area is 176 Å². The number of anilines is 1. The minimum atomic E-state index is -0.592. The zero-order chi connectivity index (χ0) is 22.0. The molecule has 0 radical (unpaired) electrons. The number of nitro benzene ring substituents is 2. The molecule has 0 unspecified atom stereocenters. The largest absolute Gasteiger partial charge is 0.422 e. The van der Waals surface area contributed by atoms with Crippen molar-refractivity contribution in [3.63, 3.8) is 0 Å². The van der Waals surface area contributed by atoms with Crippen molar-refractivity contribution in [3.8, 4) is 10.4 Å². The van der Waals surface area contributed by atoms with E-state index in [0.717, 1.165) is 11.3 Å². The Hall–Kier alpha value is -4.45. The van der Waals surface area contributed by atoms with Gasteiger partial charge in [-0.15, -0.1) is 0 Å². The summed E-state index contributed by atoms with van der Waals surface area (Å²) < 4.78 is 5.26. The topological polar surface area (TPSA) is 154 Å². The molecule has 4 aromatic rings. The van der Waals surface area contributed by atoms with E-state index in [-0.39, 0.29) is 22.5 Å². The van der Waals surface area contributed by atoms with Gasteiger partial charge in [-0.1, -0.05) is 11.3 Å². The van der Waals surface area contributed by atoms with E-state index in [2.05, 4.69) is 15.5 Å². The highest BCUT2D eigenvalue weighted by Crippen LogP contribution is 2.30. The van der Waals surface area contributed by atoms with Gasteiger partial charge in [0.05, 0.1) is 26.5 Å². The molecule has 0 bridgehead atoms. The van der Waals surface area contributed by atoms with Gasteiger partial charge in [-0.2, -0.15) is 5.10 Å². The first kappa shape index (κ1) is 19.8. The highest BCUT2D eigenvalue weighted by molar-refractivity contribution is 7.18. The maximum absolute atomic E-state index is 12.3. The first-order valence-electron chi connectivity index (χ1n) is 8.63. The summed E-state index contributed by atoms with van der Waals surface area (Å²) in [6.07, 6.45) is 2.93. The summed E-state index contributed by atoms with van der Waals surface area (Å²) in [5, 5.41) is 26.5. The molecule has 4 rings (SSSR count). The third kappa shape index (κ3) is 4.28. The van der Waals surface area contributed by atoms with E-state index >= 15 is 0 Å². The molecule has 2 aromatic heterocycles. The van der Waals surface area contributed by atoms with E-state index in [1.54, 1.807) is 12.1 Å². The third-order valence-corrected chi connectivity index (χ3v) is 5.11. The fourth-order valence-corrected chi connectivity index (χ4v) is 3.46. The molecule has 0 amide bonds. The van der Waals surface area contributed by atoms with Crippen LogP contribution in [0.1, 0.15) is 5.56 Å². The number of rotatable bonds is 6. The molecule has 2 heterocycles. The lowest BCUT2D eigenvalue weighted by Gasteiger charge is -2.00. The van der Waals surface area contributed by atoms with E-state index in [0.29, 0.717) is 21.0 Å². The van der Waals surface area contributed by atoms with Gasteiger partial charge in [0, 0.05) is 35.8 Å². The lowest BCUT2D eigenvalue weighted by molar-refractivity contribution is -0.385. The Morgan fingerprint density at radius 3 is 2.45 bits per heavy atom. The number of hydrazone groups is 1. The number of benzene rings is 2. The van der Waals surface area contributed by atoms with Crippen LogP contribution in [0.3, 0.4) is 0 Å². The standard InChI is InChI=1S/C19H11N5O6S/c25-18-15(8-12-7-14(24(28)29)5-6-16(12)30-18)17-10-20-19(31-17)22-21-9-11-1-3-13(4-2-11)23(26)27/h1-10H,(H,20,22)/b21-9+. The molecule has 0 aliphatic rings. The first-order chi connectivity index (χ1) is 14.9.